The number of ether oxygens (including phenoxy) is 1. The van der Waals surface area contributed by atoms with E-state index < -0.39 is 0 Å². The van der Waals surface area contributed by atoms with Gasteiger partial charge in [-0.2, -0.15) is 0 Å². The van der Waals surface area contributed by atoms with E-state index in [2.05, 4.69) is 10.3 Å². The second-order valence-electron chi connectivity index (χ2n) is 3.79. The first kappa shape index (κ1) is 10.9. The Hall–Kier alpha value is -1.62. The van der Waals surface area contributed by atoms with Gasteiger partial charge in [-0.05, 0) is 18.9 Å². The summed E-state index contributed by atoms with van der Waals surface area (Å²) in [5.74, 6) is -0.199. The Kier molecular flexibility index (Phi) is 3.36. The molecule has 0 bridgehead atoms. The van der Waals surface area contributed by atoms with Crippen molar-refractivity contribution >= 4 is 5.91 Å². The smallest absolute Gasteiger partial charge is 0.253 e. The zero-order chi connectivity index (χ0) is 11.4. The molecular formula is C11H14N2O3. The first-order chi connectivity index (χ1) is 7.75. The molecule has 0 aromatic carbocycles. The Morgan fingerprint density at radius 1 is 1.44 bits per heavy atom. The molecule has 16 heavy (non-hydrogen) atoms. The van der Waals surface area contributed by atoms with Crippen molar-refractivity contribution in [1.29, 1.82) is 0 Å². The summed E-state index contributed by atoms with van der Waals surface area (Å²) >= 11 is 0. The summed E-state index contributed by atoms with van der Waals surface area (Å²) < 4.78 is 5.20. The average Bonchev–Trinajstić information content (AvgIpc) is 2.30. The summed E-state index contributed by atoms with van der Waals surface area (Å²) in [5.41, 5.74) is 0.381. The first-order valence-electron chi connectivity index (χ1n) is 5.28. The van der Waals surface area contributed by atoms with Gasteiger partial charge >= 0.3 is 0 Å². The standard InChI is InChI=1S/C11H14N2O3/c14-10-5-8(6-12-7-10)11(15)13-9-1-3-16-4-2-9/h5-7,9,14H,1-4H2,(H,13,15). The van der Waals surface area contributed by atoms with E-state index >= 15 is 0 Å². The number of aromatic nitrogens is 1. The number of nitrogens with zero attached hydrogens (tertiary/aromatic N) is 1. The molecule has 5 heteroatoms. The fourth-order valence-electron chi connectivity index (χ4n) is 1.66. The van der Waals surface area contributed by atoms with Gasteiger partial charge in [-0.25, -0.2) is 0 Å². The van der Waals surface area contributed by atoms with E-state index in [-0.39, 0.29) is 17.7 Å². The third-order valence-corrected chi connectivity index (χ3v) is 2.54. The summed E-state index contributed by atoms with van der Waals surface area (Å²) in [6, 6.07) is 1.56. The van der Waals surface area contributed by atoms with Gasteiger partial charge in [0.15, 0.2) is 0 Å². The molecule has 0 radical (unpaired) electrons. The van der Waals surface area contributed by atoms with Crippen molar-refractivity contribution in [2.45, 2.75) is 18.9 Å². The molecule has 2 rings (SSSR count). The monoisotopic (exact) mass is 222 g/mol. The highest BCUT2D eigenvalue weighted by atomic mass is 16.5. The zero-order valence-corrected chi connectivity index (χ0v) is 8.85. The maximum Gasteiger partial charge on any atom is 0.253 e. The number of rotatable bonds is 2. The molecule has 1 fully saturated rings. The molecule has 1 amide bonds. The summed E-state index contributed by atoms with van der Waals surface area (Å²) in [6.07, 6.45) is 4.40. The number of pyridine rings is 1. The summed E-state index contributed by atoms with van der Waals surface area (Å²) in [6.45, 7) is 1.37. The van der Waals surface area contributed by atoms with Crippen molar-refractivity contribution in [3.8, 4) is 5.75 Å². The van der Waals surface area contributed by atoms with Gasteiger partial charge in [0.2, 0.25) is 0 Å². The molecule has 0 unspecified atom stereocenters. The van der Waals surface area contributed by atoms with Crippen molar-refractivity contribution in [3.63, 3.8) is 0 Å². The van der Waals surface area contributed by atoms with E-state index in [1.54, 1.807) is 0 Å². The normalized spacial score (nSPS) is 17.0. The molecule has 1 aromatic rings. The van der Waals surface area contributed by atoms with Gasteiger partial charge in [-0.3, -0.25) is 9.78 Å². The lowest BCUT2D eigenvalue weighted by atomic mass is 10.1. The fourth-order valence-corrected chi connectivity index (χ4v) is 1.66. The van der Waals surface area contributed by atoms with Crippen LogP contribution in [0.4, 0.5) is 0 Å². The summed E-state index contributed by atoms with van der Waals surface area (Å²) in [5, 5.41) is 12.1. The van der Waals surface area contributed by atoms with Crippen molar-refractivity contribution in [1.82, 2.24) is 10.3 Å². The minimum absolute atomic E-state index is 0.000345. The second-order valence-corrected chi connectivity index (χ2v) is 3.79. The summed E-state index contributed by atoms with van der Waals surface area (Å²) in [7, 11) is 0. The lowest BCUT2D eigenvalue weighted by Gasteiger charge is -2.23. The number of nitrogens with one attached hydrogen (secondary N) is 1. The van der Waals surface area contributed by atoms with Crippen LogP contribution in [0.5, 0.6) is 5.75 Å². The van der Waals surface area contributed by atoms with Crippen LogP contribution in [0.15, 0.2) is 18.5 Å². The predicted octanol–water partition coefficient (Wildman–Crippen LogP) is 0.696. The van der Waals surface area contributed by atoms with Crippen molar-refractivity contribution < 1.29 is 14.6 Å². The Morgan fingerprint density at radius 2 is 2.19 bits per heavy atom. The largest absolute Gasteiger partial charge is 0.506 e. The first-order valence-corrected chi connectivity index (χ1v) is 5.28. The van der Waals surface area contributed by atoms with Crippen LogP contribution in [0.1, 0.15) is 23.2 Å². The van der Waals surface area contributed by atoms with Crippen LogP contribution in [0.2, 0.25) is 0 Å². The van der Waals surface area contributed by atoms with E-state index in [9.17, 15) is 9.90 Å². The van der Waals surface area contributed by atoms with E-state index in [0.717, 1.165) is 12.8 Å². The minimum Gasteiger partial charge on any atom is -0.506 e. The third-order valence-electron chi connectivity index (χ3n) is 2.54. The van der Waals surface area contributed by atoms with Gasteiger partial charge in [0.1, 0.15) is 5.75 Å². The number of carbonyl (C=O) groups excluding carboxylic acids is 1. The molecule has 1 aliphatic heterocycles. The Bertz CT molecular complexity index is 375. The second kappa shape index (κ2) is 4.94. The number of aromatic hydroxyl groups is 1. The van der Waals surface area contributed by atoms with Gasteiger partial charge in [-0.15, -0.1) is 0 Å². The molecule has 0 saturated carbocycles. The predicted molar refractivity (Wildman–Crippen MR) is 57.2 cm³/mol. The molecule has 1 aliphatic rings. The number of hydrogen-bond acceptors (Lipinski definition) is 4. The Labute approximate surface area is 93.5 Å². The van der Waals surface area contributed by atoms with Gasteiger partial charge in [-0.1, -0.05) is 0 Å². The highest BCUT2D eigenvalue weighted by Gasteiger charge is 2.17. The zero-order valence-electron chi connectivity index (χ0n) is 8.85. The maximum atomic E-state index is 11.8. The lowest BCUT2D eigenvalue weighted by Crippen LogP contribution is -2.38. The van der Waals surface area contributed by atoms with E-state index in [0.29, 0.717) is 18.8 Å². The van der Waals surface area contributed by atoms with Crippen LogP contribution in [-0.2, 0) is 4.74 Å². The van der Waals surface area contributed by atoms with Crippen LogP contribution in [0, 0.1) is 0 Å². The minimum atomic E-state index is -0.199. The molecule has 0 spiro atoms. The van der Waals surface area contributed by atoms with Crippen molar-refractivity contribution in [3.05, 3.63) is 24.0 Å². The van der Waals surface area contributed by atoms with Crippen molar-refractivity contribution in [2.24, 2.45) is 0 Å². The highest BCUT2D eigenvalue weighted by Crippen LogP contribution is 2.11. The van der Waals surface area contributed by atoms with Gasteiger partial charge in [0.25, 0.3) is 5.91 Å². The molecule has 1 saturated heterocycles. The molecule has 2 N–H and O–H groups in total. The Morgan fingerprint density at radius 3 is 2.88 bits per heavy atom. The summed E-state index contributed by atoms with van der Waals surface area (Å²) in [4.78, 5) is 15.5. The molecule has 0 aliphatic carbocycles. The van der Waals surface area contributed by atoms with Crippen LogP contribution in [0.3, 0.4) is 0 Å². The molecular weight excluding hydrogens is 208 g/mol. The van der Waals surface area contributed by atoms with Crippen LogP contribution < -0.4 is 5.32 Å². The maximum absolute atomic E-state index is 11.8. The van der Waals surface area contributed by atoms with Crippen LogP contribution in [-0.4, -0.2) is 35.3 Å². The SMILES string of the molecule is O=C(NC1CCOCC1)c1cncc(O)c1. The van der Waals surface area contributed by atoms with Gasteiger partial charge in [0.05, 0.1) is 11.8 Å². The van der Waals surface area contributed by atoms with Crippen LogP contribution in [0.25, 0.3) is 0 Å². The quantitative estimate of drug-likeness (QED) is 0.772. The molecule has 0 atom stereocenters. The number of amides is 1. The molecule has 2 heterocycles. The van der Waals surface area contributed by atoms with Crippen molar-refractivity contribution in [2.75, 3.05) is 13.2 Å². The molecule has 1 aromatic heterocycles. The molecule has 86 valence electrons. The highest BCUT2D eigenvalue weighted by molar-refractivity contribution is 5.94. The van der Waals surface area contributed by atoms with Gasteiger partial charge in [0, 0.05) is 25.5 Å². The Balaban J connectivity index is 1.97. The van der Waals surface area contributed by atoms with E-state index in [1.807, 2.05) is 0 Å². The van der Waals surface area contributed by atoms with Gasteiger partial charge < -0.3 is 15.2 Å². The topological polar surface area (TPSA) is 71.5 Å². The van der Waals surface area contributed by atoms with E-state index in [1.165, 1.54) is 18.5 Å². The lowest BCUT2D eigenvalue weighted by molar-refractivity contribution is 0.0696. The molecule has 5 nitrogen and oxygen atoms in total. The number of hydrogen-bond donors (Lipinski definition) is 2. The average molecular weight is 222 g/mol. The fraction of sp³-hybridized carbons (Fsp3) is 0.455. The number of carbonyl (C=O) groups is 1. The van der Waals surface area contributed by atoms with E-state index in [4.69, 9.17) is 4.74 Å². The third kappa shape index (κ3) is 2.70. The van der Waals surface area contributed by atoms with Crippen LogP contribution >= 0.6 is 0 Å².